The Hall–Kier alpha value is -2.16. The van der Waals surface area contributed by atoms with Crippen LogP contribution in [-0.2, 0) is 0 Å². The van der Waals surface area contributed by atoms with Crippen LogP contribution in [-0.4, -0.2) is 39.4 Å². The van der Waals surface area contributed by atoms with Gasteiger partial charge in [0, 0.05) is 23.2 Å². The number of amides is 1. The SMILES string of the molecule is NC(=O)c1cnc(N[C@@H]2CCCNC2)c2nc(-c3ccc(Cl)cc3)c(Br)n12. The second-order valence-corrected chi connectivity index (χ2v) is 7.65. The highest BCUT2D eigenvalue weighted by Gasteiger charge is 2.22. The van der Waals surface area contributed by atoms with Crippen LogP contribution in [0.2, 0.25) is 5.02 Å². The number of nitrogens with one attached hydrogen (secondary N) is 2. The van der Waals surface area contributed by atoms with Gasteiger partial charge in [-0.2, -0.15) is 0 Å². The zero-order valence-corrected chi connectivity index (χ0v) is 16.7. The first-order valence-electron chi connectivity index (χ1n) is 8.64. The summed E-state index contributed by atoms with van der Waals surface area (Å²) in [6.07, 6.45) is 3.62. The van der Waals surface area contributed by atoms with Gasteiger partial charge in [-0.15, -0.1) is 0 Å². The van der Waals surface area contributed by atoms with E-state index in [1.165, 1.54) is 6.20 Å². The summed E-state index contributed by atoms with van der Waals surface area (Å²) in [6, 6.07) is 7.61. The van der Waals surface area contributed by atoms with Gasteiger partial charge in [0.15, 0.2) is 11.5 Å². The first-order chi connectivity index (χ1) is 13.0. The molecule has 3 aromatic rings. The Morgan fingerprint density at radius 2 is 2.15 bits per heavy atom. The Morgan fingerprint density at radius 1 is 1.37 bits per heavy atom. The van der Waals surface area contributed by atoms with Crippen molar-refractivity contribution in [3.8, 4) is 11.3 Å². The second kappa shape index (κ2) is 7.46. The molecule has 0 saturated carbocycles. The minimum Gasteiger partial charge on any atom is -0.364 e. The van der Waals surface area contributed by atoms with E-state index in [2.05, 4.69) is 31.5 Å². The number of benzene rings is 1. The molecule has 1 aromatic carbocycles. The summed E-state index contributed by atoms with van der Waals surface area (Å²) in [5.74, 6) is 0.0498. The number of primary amides is 1. The molecule has 140 valence electrons. The third-order valence-corrected chi connectivity index (χ3v) is 5.58. The van der Waals surface area contributed by atoms with Crippen LogP contribution in [0.1, 0.15) is 23.3 Å². The lowest BCUT2D eigenvalue weighted by molar-refractivity contribution is 0.0994. The van der Waals surface area contributed by atoms with Gasteiger partial charge in [0.2, 0.25) is 0 Å². The second-order valence-electron chi connectivity index (χ2n) is 6.46. The first-order valence-corrected chi connectivity index (χ1v) is 9.81. The Bertz CT molecular complexity index is 997. The van der Waals surface area contributed by atoms with Crippen molar-refractivity contribution in [1.82, 2.24) is 19.7 Å². The maximum Gasteiger partial charge on any atom is 0.267 e. The lowest BCUT2D eigenvalue weighted by Crippen LogP contribution is -2.38. The van der Waals surface area contributed by atoms with E-state index in [0.717, 1.165) is 31.5 Å². The lowest BCUT2D eigenvalue weighted by atomic mass is 10.1. The number of hydrogen-bond donors (Lipinski definition) is 3. The van der Waals surface area contributed by atoms with Crippen LogP contribution in [0, 0.1) is 0 Å². The Balaban J connectivity index is 1.85. The number of imidazole rings is 1. The third kappa shape index (κ3) is 3.52. The van der Waals surface area contributed by atoms with Gasteiger partial charge in [-0.3, -0.25) is 9.20 Å². The fourth-order valence-corrected chi connectivity index (χ4v) is 4.06. The number of carbonyl (C=O) groups excluding carboxylic acids is 1. The van der Waals surface area contributed by atoms with Crippen molar-refractivity contribution in [3.05, 3.63) is 45.8 Å². The van der Waals surface area contributed by atoms with Crippen LogP contribution >= 0.6 is 27.5 Å². The van der Waals surface area contributed by atoms with Crippen molar-refractivity contribution in [3.63, 3.8) is 0 Å². The number of nitrogens with two attached hydrogens (primary N) is 1. The number of aromatic nitrogens is 3. The van der Waals surface area contributed by atoms with Crippen LogP contribution in [0.15, 0.2) is 35.1 Å². The van der Waals surface area contributed by atoms with E-state index in [0.29, 0.717) is 26.8 Å². The van der Waals surface area contributed by atoms with Crippen molar-refractivity contribution in [2.45, 2.75) is 18.9 Å². The zero-order valence-electron chi connectivity index (χ0n) is 14.4. The van der Waals surface area contributed by atoms with Gasteiger partial charge >= 0.3 is 0 Å². The number of carbonyl (C=O) groups is 1. The summed E-state index contributed by atoms with van der Waals surface area (Å²) in [5, 5.41) is 7.45. The van der Waals surface area contributed by atoms with Crippen LogP contribution in [0.3, 0.4) is 0 Å². The highest BCUT2D eigenvalue weighted by Crippen LogP contribution is 2.32. The molecule has 1 aliphatic heterocycles. The summed E-state index contributed by atoms with van der Waals surface area (Å²) in [6.45, 7) is 1.88. The minimum absolute atomic E-state index is 0.254. The molecular weight excluding hydrogens is 432 g/mol. The molecule has 27 heavy (non-hydrogen) atoms. The Labute approximate surface area is 169 Å². The molecule has 1 aliphatic rings. The predicted molar refractivity (Wildman–Crippen MR) is 109 cm³/mol. The molecule has 2 aromatic heterocycles. The van der Waals surface area contributed by atoms with Crippen LogP contribution < -0.4 is 16.4 Å². The zero-order chi connectivity index (χ0) is 19.0. The van der Waals surface area contributed by atoms with Gasteiger partial charge in [0.25, 0.3) is 5.91 Å². The van der Waals surface area contributed by atoms with Crippen LogP contribution in [0.5, 0.6) is 0 Å². The van der Waals surface area contributed by atoms with E-state index in [4.69, 9.17) is 22.3 Å². The average molecular weight is 450 g/mol. The molecule has 0 radical (unpaired) electrons. The van der Waals surface area contributed by atoms with Crippen molar-refractivity contribution in [1.29, 1.82) is 0 Å². The quantitative estimate of drug-likeness (QED) is 0.569. The van der Waals surface area contributed by atoms with Gasteiger partial charge in [-0.25, -0.2) is 9.97 Å². The molecule has 4 rings (SSSR count). The van der Waals surface area contributed by atoms with E-state index in [1.54, 1.807) is 16.5 Å². The standard InChI is InChI=1S/C18H18BrClN6O/c19-15-14(10-3-5-11(20)6-4-10)25-18-17(24-12-2-1-7-22-8-12)23-9-13(16(21)27)26(15)18/h3-6,9,12,22H,1-2,7-8H2,(H2,21,27)(H,23,24)/t12-/m1/s1. The topological polar surface area (TPSA) is 97.3 Å². The van der Waals surface area contributed by atoms with E-state index < -0.39 is 5.91 Å². The highest BCUT2D eigenvalue weighted by molar-refractivity contribution is 9.10. The molecule has 1 amide bonds. The highest BCUT2D eigenvalue weighted by atomic mass is 79.9. The van der Waals surface area contributed by atoms with E-state index in [1.807, 2.05) is 12.1 Å². The first kappa shape index (κ1) is 18.2. The monoisotopic (exact) mass is 448 g/mol. The number of fused-ring (bicyclic) bond motifs is 1. The third-order valence-electron chi connectivity index (χ3n) is 4.60. The molecule has 1 atom stereocenters. The largest absolute Gasteiger partial charge is 0.364 e. The van der Waals surface area contributed by atoms with Gasteiger partial charge in [0.1, 0.15) is 16.0 Å². The van der Waals surface area contributed by atoms with Crippen molar-refractivity contribution in [2.24, 2.45) is 5.73 Å². The van der Waals surface area contributed by atoms with Crippen molar-refractivity contribution < 1.29 is 4.79 Å². The van der Waals surface area contributed by atoms with E-state index in [9.17, 15) is 4.79 Å². The fraction of sp³-hybridized carbons (Fsp3) is 0.278. The van der Waals surface area contributed by atoms with Gasteiger partial charge in [-0.05, 0) is 47.4 Å². The normalized spacial score (nSPS) is 17.2. The molecule has 3 heterocycles. The molecule has 0 spiro atoms. The summed E-state index contributed by atoms with van der Waals surface area (Å²) in [7, 11) is 0. The molecule has 0 bridgehead atoms. The lowest BCUT2D eigenvalue weighted by Gasteiger charge is -2.24. The molecule has 0 aliphatic carbocycles. The predicted octanol–water partition coefficient (Wildman–Crippen LogP) is 3.08. The van der Waals surface area contributed by atoms with Crippen molar-refractivity contribution >= 4 is 44.9 Å². The minimum atomic E-state index is -0.570. The van der Waals surface area contributed by atoms with Crippen LogP contribution in [0.4, 0.5) is 5.82 Å². The van der Waals surface area contributed by atoms with Crippen molar-refractivity contribution in [2.75, 3.05) is 18.4 Å². The van der Waals surface area contributed by atoms with Gasteiger partial charge in [-0.1, -0.05) is 23.7 Å². The molecule has 4 N–H and O–H groups in total. The fourth-order valence-electron chi connectivity index (χ4n) is 3.26. The number of anilines is 1. The van der Waals surface area contributed by atoms with Gasteiger partial charge < -0.3 is 16.4 Å². The maximum atomic E-state index is 11.9. The number of halogens is 2. The van der Waals surface area contributed by atoms with Gasteiger partial charge in [0.05, 0.1) is 6.20 Å². The molecule has 1 saturated heterocycles. The molecule has 0 unspecified atom stereocenters. The summed E-state index contributed by atoms with van der Waals surface area (Å²) >= 11 is 9.57. The van der Waals surface area contributed by atoms with Crippen LogP contribution in [0.25, 0.3) is 16.9 Å². The number of piperidine rings is 1. The Morgan fingerprint density at radius 3 is 2.81 bits per heavy atom. The molecular formula is C18H18BrClN6O. The molecule has 1 fully saturated rings. The Kier molecular flexibility index (Phi) is 5.03. The summed E-state index contributed by atoms with van der Waals surface area (Å²) < 4.78 is 2.33. The maximum absolute atomic E-state index is 11.9. The summed E-state index contributed by atoms with van der Waals surface area (Å²) in [4.78, 5) is 21.1. The molecule has 7 nitrogen and oxygen atoms in total. The number of nitrogens with zero attached hydrogens (tertiary/aromatic N) is 3. The van der Waals surface area contributed by atoms with E-state index >= 15 is 0 Å². The van der Waals surface area contributed by atoms with E-state index in [-0.39, 0.29) is 11.7 Å². The molecule has 9 heteroatoms. The smallest absolute Gasteiger partial charge is 0.267 e. The average Bonchev–Trinajstić information content (AvgIpc) is 3.01. The summed E-state index contributed by atoms with van der Waals surface area (Å²) in [5.41, 5.74) is 7.92. The number of hydrogen-bond acceptors (Lipinski definition) is 5. The number of rotatable bonds is 4.